The summed E-state index contributed by atoms with van der Waals surface area (Å²) < 4.78 is 15.3. The van der Waals surface area contributed by atoms with Crippen LogP contribution in [0.4, 0.5) is 0 Å². The molecule has 2 heterocycles. The van der Waals surface area contributed by atoms with Gasteiger partial charge in [0.1, 0.15) is 0 Å². The highest BCUT2D eigenvalue weighted by Crippen LogP contribution is 2.39. The Bertz CT molecular complexity index is 1840. The number of amides is 2. The molecule has 0 saturated carbocycles. The third kappa shape index (κ3) is 9.00. The van der Waals surface area contributed by atoms with E-state index in [4.69, 9.17) is 9.47 Å². The van der Waals surface area contributed by atoms with Gasteiger partial charge in [0, 0.05) is 38.4 Å². The number of aliphatic hydroxyl groups is 1. The number of ether oxygens (including phenoxy) is 2. The Morgan fingerprint density at radius 3 is 2.41 bits per heavy atom. The molecule has 0 unspecified atom stereocenters. The van der Waals surface area contributed by atoms with Gasteiger partial charge in [-0.3, -0.25) is 9.59 Å². The van der Waals surface area contributed by atoms with E-state index in [9.17, 15) is 14.7 Å². The van der Waals surface area contributed by atoms with Gasteiger partial charge in [-0.15, -0.1) is 0 Å². The number of hydrogen-bond donors (Lipinski definition) is 3. The summed E-state index contributed by atoms with van der Waals surface area (Å²) in [6.07, 6.45) is 4.67. The molecule has 1 saturated heterocycles. The quantitative estimate of drug-likeness (QED) is 0.114. The highest BCUT2D eigenvalue weighted by Gasteiger charge is 2.32. The molecular weight excluding hydrogens is 616 g/mol. The Kier molecular flexibility index (Phi) is 11.5. The Hall–Kier alpha value is -4.83. The molecule has 0 spiro atoms. The zero-order chi connectivity index (χ0) is 34.0. The van der Waals surface area contributed by atoms with Crippen molar-refractivity contribution in [3.63, 3.8) is 0 Å². The lowest BCUT2D eigenvalue weighted by Crippen LogP contribution is -2.32. The second-order valence-corrected chi connectivity index (χ2v) is 12.6. The van der Waals surface area contributed by atoms with Crippen molar-refractivity contribution < 1.29 is 24.2 Å². The predicted octanol–water partition coefficient (Wildman–Crippen LogP) is 6.75. The van der Waals surface area contributed by atoms with Crippen molar-refractivity contribution in [3.8, 4) is 11.1 Å². The number of nitrogens with one attached hydrogen (secondary N) is 2. The number of rotatable bonds is 14. The van der Waals surface area contributed by atoms with Crippen LogP contribution in [0.25, 0.3) is 22.2 Å². The average Bonchev–Trinajstić information content (AvgIpc) is 3.54. The number of hydrogen-bond acceptors (Lipinski definition) is 6. The van der Waals surface area contributed by atoms with Crippen LogP contribution in [0.15, 0.2) is 103 Å². The van der Waals surface area contributed by atoms with Crippen molar-refractivity contribution in [1.29, 1.82) is 0 Å². The van der Waals surface area contributed by atoms with Crippen LogP contribution in [0.1, 0.15) is 73.7 Å². The number of carbonyl (C=O) groups is 2. The van der Waals surface area contributed by atoms with Gasteiger partial charge in [0.25, 0.3) is 0 Å². The molecule has 0 bridgehead atoms. The molecule has 9 heteroatoms. The van der Waals surface area contributed by atoms with Gasteiger partial charge in [0.05, 0.1) is 42.7 Å². The molecule has 6 rings (SSSR count). The summed E-state index contributed by atoms with van der Waals surface area (Å²) in [5.74, 6) is -0.00358. The zero-order valence-corrected chi connectivity index (χ0v) is 27.9. The summed E-state index contributed by atoms with van der Waals surface area (Å²) in [5, 5.41) is 15.4. The van der Waals surface area contributed by atoms with Gasteiger partial charge in [-0.05, 0) is 52.8 Å². The van der Waals surface area contributed by atoms with Crippen LogP contribution in [-0.2, 0) is 38.8 Å². The van der Waals surface area contributed by atoms with E-state index in [1.54, 1.807) is 0 Å². The monoisotopic (exact) mass is 660 g/mol. The summed E-state index contributed by atoms with van der Waals surface area (Å²) in [4.78, 5) is 28.1. The lowest BCUT2D eigenvalue weighted by atomic mass is 9.97. The van der Waals surface area contributed by atoms with Gasteiger partial charge in [0.2, 0.25) is 11.8 Å². The Labute approximate surface area is 287 Å². The van der Waals surface area contributed by atoms with Crippen LogP contribution >= 0.6 is 0 Å². The Balaban J connectivity index is 1.13. The van der Waals surface area contributed by atoms with Crippen molar-refractivity contribution in [2.24, 2.45) is 0 Å². The second-order valence-electron chi connectivity index (χ2n) is 12.6. The summed E-state index contributed by atoms with van der Waals surface area (Å²) in [7, 11) is 0. The van der Waals surface area contributed by atoms with E-state index in [0.29, 0.717) is 32.5 Å². The summed E-state index contributed by atoms with van der Waals surface area (Å²) in [6.45, 7) is 3.23. The molecule has 3 N–H and O–H groups in total. The number of benzene rings is 4. The maximum absolute atomic E-state index is 12.6. The lowest BCUT2D eigenvalue weighted by molar-refractivity contribution is -0.252. The van der Waals surface area contributed by atoms with Crippen LogP contribution in [0.3, 0.4) is 0 Å². The normalized spacial score (nSPS) is 17.6. The molecule has 1 fully saturated rings. The van der Waals surface area contributed by atoms with Crippen molar-refractivity contribution >= 4 is 22.8 Å². The highest BCUT2D eigenvalue weighted by atomic mass is 16.7. The maximum Gasteiger partial charge on any atom is 0.220 e. The van der Waals surface area contributed by atoms with Gasteiger partial charge in [-0.1, -0.05) is 91.3 Å². The molecule has 4 aromatic carbocycles. The van der Waals surface area contributed by atoms with E-state index in [2.05, 4.69) is 56.6 Å². The smallest absolute Gasteiger partial charge is 0.220 e. The molecule has 1 aliphatic rings. The minimum Gasteiger partial charge on any atom is -0.392 e. The molecule has 49 heavy (non-hydrogen) atoms. The second kappa shape index (κ2) is 16.5. The van der Waals surface area contributed by atoms with Crippen LogP contribution < -0.4 is 10.6 Å². The fraction of sp³-hybridized carbons (Fsp3) is 0.325. The summed E-state index contributed by atoms with van der Waals surface area (Å²) >= 11 is 0. The van der Waals surface area contributed by atoms with E-state index >= 15 is 0 Å². The molecule has 5 aromatic rings. The molecule has 3 atom stereocenters. The van der Waals surface area contributed by atoms with Gasteiger partial charge < -0.3 is 29.8 Å². The number of para-hydroxylation sites is 2. The third-order valence-corrected chi connectivity index (χ3v) is 8.98. The number of aromatic nitrogens is 2. The first-order valence-corrected chi connectivity index (χ1v) is 17.1. The van der Waals surface area contributed by atoms with Crippen LogP contribution in [0.5, 0.6) is 0 Å². The van der Waals surface area contributed by atoms with E-state index in [1.165, 1.54) is 6.92 Å². The lowest BCUT2D eigenvalue weighted by Gasteiger charge is -2.36. The number of nitrogens with zero attached hydrogens (tertiary/aromatic N) is 2. The van der Waals surface area contributed by atoms with Gasteiger partial charge in [-0.2, -0.15) is 0 Å². The van der Waals surface area contributed by atoms with E-state index in [0.717, 1.165) is 63.7 Å². The molecular formula is C40H44N4O5. The van der Waals surface area contributed by atoms with E-state index in [-0.39, 0.29) is 30.6 Å². The zero-order valence-electron chi connectivity index (χ0n) is 27.9. The first-order valence-electron chi connectivity index (χ1n) is 17.1. The Morgan fingerprint density at radius 2 is 1.61 bits per heavy atom. The summed E-state index contributed by atoms with van der Waals surface area (Å²) in [5.41, 5.74) is 7.98. The Morgan fingerprint density at radius 1 is 0.857 bits per heavy atom. The van der Waals surface area contributed by atoms with Crippen molar-refractivity contribution in [1.82, 2.24) is 20.2 Å². The van der Waals surface area contributed by atoms with Gasteiger partial charge in [0.15, 0.2) is 6.29 Å². The average molecular weight is 661 g/mol. The standard InChI is InChI=1S/C40H44N4O5/c1-28(46)41-22-8-2-3-13-39(47)42-24-33-9-4-5-10-35(33)30-18-20-32(21-19-30)40-48-34(25-44-27-43-36-11-6-7-12-37(36)44)23-38(49-40)31-16-14-29(26-45)15-17-31/h4-7,9-12,14-21,27,34,38,40,45H,2-3,8,13,22-26H2,1H3,(H,41,46)(H,42,47)/t34-,38+,40+/m0/s1. The van der Waals surface area contributed by atoms with Crippen LogP contribution in [0, 0.1) is 0 Å². The minimum atomic E-state index is -0.571. The molecule has 254 valence electrons. The maximum atomic E-state index is 12.6. The van der Waals surface area contributed by atoms with Gasteiger partial charge in [-0.25, -0.2) is 4.98 Å². The highest BCUT2D eigenvalue weighted by molar-refractivity contribution is 5.77. The third-order valence-electron chi connectivity index (χ3n) is 8.98. The largest absolute Gasteiger partial charge is 0.392 e. The molecule has 1 aromatic heterocycles. The molecule has 9 nitrogen and oxygen atoms in total. The van der Waals surface area contributed by atoms with Crippen molar-refractivity contribution in [2.45, 2.75) is 77.2 Å². The number of unbranched alkanes of at least 4 members (excludes halogenated alkanes) is 2. The molecule has 0 aliphatic carbocycles. The first kappa shape index (κ1) is 34.0. The first-order chi connectivity index (χ1) is 24.0. The number of carbonyl (C=O) groups excluding carboxylic acids is 2. The number of aliphatic hydroxyl groups excluding tert-OH is 1. The molecule has 1 aliphatic heterocycles. The fourth-order valence-corrected chi connectivity index (χ4v) is 6.32. The van der Waals surface area contributed by atoms with Crippen molar-refractivity contribution in [2.75, 3.05) is 6.54 Å². The van der Waals surface area contributed by atoms with Crippen LogP contribution in [-0.4, -0.2) is 39.1 Å². The minimum absolute atomic E-state index is 0.00214. The topological polar surface area (TPSA) is 115 Å². The predicted molar refractivity (Wildman–Crippen MR) is 189 cm³/mol. The van der Waals surface area contributed by atoms with Crippen LogP contribution in [0.2, 0.25) is 0 Å². The van der Waals surface area contributed by atoms with E-state index in [1.807, 2.05) is 67.0 Å². The molecule has 0 radical (unpaired) electrons. The van der Waals surface area contributed by atoms with E-state index < -0.39 is 6.29 Å². The molecule has 2 amide bonds. The SMILES string of the molecule is CC(=O)NCCCCCC(=O)NCc1ccccc1-c1ccc([C@@H]2O[C@H](Cn3cnc4ccccc43)C[C@H](c3ccc(CO)cc3)O2)cc1. The number of fused-ring (bicyclic) bond motifs is 1. The summed E-state index contributed by atoms with van der Waals surface area (Å²) in [6, 6.07) is 32.4. The number of imidazole rings is 1. The van der Waals surface area contributed by atoms with Crippen molar-refractivity contribution in [3.05, 3.63) is 126 Å². The fourth-order valence-electron chi connectivity index (χ4n) is 6.32. The van der Waals surface area contributed by atoms with Gasteiger partial charge >= 0.3 is 0 Å².